The quantitative estimate of drug-likeness (QED) is 0.843. The molecule has 1 aliphatic heterocycles. The van der Waals surface area contributed by atoms with E-state index in [0.29, 0.717) is 30.8 Å². The van der Waals surface area contributed by atoms with E-state index in [2.05, 4.69) is 14.9 Å². The number of nitrogens with two attached hydrogens (primary N) is 1. The zero-order valence-electron chi connectivity index (χ0n) is 12.2. The smallest absolute Gasteiger partial charge is 0.158 e. The molecule has 6 heteroatoms. The SMILES string of the molecule is CCOCc1nc(N)cc(N2CCC(C(C)O)CC2)n1. The first-order chi connectivity index (χ1) is 9.60. The van der Waals surface area contributed by atoms with Crippen LogP contribution in [0.4, 0.5) is 11.6 Å². The van der Waals surface area contributed by atoms with Gasteiger partial charge in [0.15, 0.2) is 5.82 Å². The van der Waals surface area contributed by atoms with Crippen molar-refractivity contribution in [2.24, 2.45) is 5.92 Å². The van der Waals surface area contributed by atoms with Crippen LogP contribution in [0.5, 0.6) is 0 Å². The summed E-state index contributed by atoms with van der Waals surface area (Å²) in [5.74, 6) is 2.34. The average Bonchev–Trinajstić information content (AvgIpc) is 2.44. The topological polar surface area (TPSA) is 84.5 Å². The fourth-order valence-corrected chi connectivity index (χ4v) is 2.53. The summed E-state index contributed by atoms with van der Waals surface area (Å²) in [5.41, 5.74) is 5.84. The maximum absolute atomic E-state index is 9.64. The highest BCUT2D eigenvalue weighted by atomic mass is 16.5. The van der Waals surface area contributed by atoms with Gasteiger partial charge in [-0.15, -0.1) is 0 Å². The average molecular weight is 280 g/mol. The van der Waals surface area contributed by atoms with Gasteiger partial charge in [-0.1, -0.05) is 0 Å². The molecule has 0 amide bonds. The Labute approximate surface area is 120 Å². The van der Waals surface area contributed by atoms with E-state index in [1.807, 2.05) is 13.8 Å². The van der Waals surface area contributed by atoms with Gasteiger partial charge in [-0.05, 0) is 32.6 Å². The minimum absolute atomic E-state index is 0.235. The fraction of sp³-hybridized carbons (Fsp3) is 0.714. The van der Waals surface area contributed by atoms with Crippen molar-refractivity contribution in [3.8, 4) is 0 Å². The minimum Gasteiger partial charge on any atom is -0.393 e. The molecule has 20 heavy (non-hydrogen) atoms. The lowest BCUT2D eigenvalue weighted by atomic mass is 9.92. The van der Waals surface area contributed by atoms with Crippen LogP contribution < -0.4 is 10.6 Å². The lowest BCUT2D eigenvalue weighted by Gasteiger charge is -2.34. The lowest BCUT2D eigenvalue weighted by molar-refractivity contribution is 0.109. The van der Waals surface area contributed by atoms with Crippen molar-refractivity contribution in [2.45, 2.75) is 39.4 Å². The van der Waals surface area contributed by atoms with Crippen molar-refractivity contribution in [3.05, 3.63) is 11.9 Å². The Balaban J connectivity index is 2.03. The number of aromatic nitrogens is 2. The number of piperidine rings is 1. The number of hydrogen-bond donors (Lipinski definition) is 2. The predicted molar refractivity (Wildman–Crippen MR) is 78.4 cm³/mol. The molecular weight excluding hydrogens is 256 g/mol. The van der Waals surface area contributed by atoms with Gasteiger partial charge in [0, 0.05) is 25.8 Å². The third-order valence-electron chi connectivity index (χ3n) is 3.76. The molecule has 0 saturated carbocycles. The van der Waals surface area contributed by atoms with Gasteiger partial charge >= 0.3 is 0 Å². The predicted octanol–water partition coefficient (Wildman–Crippen LogP) is 1.19. The molecule has 1 unspecified atom stereocenters. The summed E-state index contributed by atoms with van der Waals surface area (Å²) in [6.07, 6.45) is 1.71. The zero-order valence-corrected chi connectivity index (χ0v) is 12.2. The van der Waals surface area contributed by atoms with Crippen molar-refractivity contribution in [1.29, 1.82) is 0 Å². The third-order valence-corrected chi connectivity index (χ3v) is 3.76. The number of nitrogen functional groups attached to an aromatic ring is 1. The van der Waals surface area contributed by atoms with Gasteiger partial charge in [0.2, 0.25) is 0 Å². The fourth-order valence-electron chi connectivity index (χ4n) is 2.53. The van der Waals surface area contributed by atoms with E-state index in [1.165, 1.54) is 0 Å². The molecule has 2 rings (SSSR count). The second-order valence-corrected chi connectivity index (χ2v) is 5.27. The van der Waals surface area contributed by atoms with Crippen molar-refractivity contribution in [3.63, 3.8) is 0 Å². The molecule has 112 valence electrons. The number of ether oxygens (including phenoxy) is 1. The summed E-state index contributed by atoms with van der Waals surface area (Å²) in [6.45, 7) is 6.60. The molecule has 0 bridgehead atoms. The van der Waals surface area contributed by atoms with Gasteiger partial charge < -0.3 is 20.5 Å². The molecule has 6 nitrogen and oxygen atoms in total. The van der Waals surface area contributed by atoms with E-state index in [9.17, 15) is 5.11 Å². The van der Waals surface area contributed by atoms with Crippen LogP contribution in [0.1, 0.15) is 32.5 Å². The summed E-state index contributed by atoms with van der Waals surface area (Å²) in [5, 5.41) is 9.64. The van der Waals surface area contributed by atoms with E-state index in [0.717, 1.165) is 31.7 Å². The number of aliphatic hydroxyl groups excluding tert-OH is 1. The first-order valence-corrected chi connectivity index (χ1v) is 7.24. The van der Waals surface area contributed by atoms with Crippen LogP contribution in [-0.2, 0) is 11.3 Å². The second kappa shape index (κ2) is 6.85. The van der Waals surface area contributed by atoms with E-state index < -0.39 is 0 Å². The second-order valence-electron chi connectivity index (χ2n) is 5.27. The molecule has 1 aromatic rings. The van der Waals surface area contributed by atoms with Crippen LogP contribution in [0, 0.1) is 5.92 Å². The summed E-state index contributed by atoms with van der Waals surface area (Å²) in [7, 11) is 0. The summed E-state index contributed by atoms with van der Waals surface area (Å²) < 4.78 is 5.33. The maximum atomic E-state index is 9.64. The summed E-state index contributed by atoms with van der Waals surface area (Å²) in [6, 6.07) is 1.80. The minimum atomic E-state index is -0.235. The number of nitrogens with zero attached hydrogens (tertiary/aromatic N) is 3. The summed E-state index contributed by atoms with van der Waals surface area (Å²) in [4.78, 5) is 10.9. The Hall–Kier alpha value is -1.40. The lowest BCUT2D eigenvalue weighted by Crippen LogP contribution is -2.37. The largest absolute Gasteiger partial charge is 0.393 e. The van der Waals surface area contributed by atoms with Crippen LogP contribution in [0.3, 0.4) is 0 Å². The Morgan fingerprint density at radius 2 is 2.15 bits per heavy atom. The van der Waals surface area contributed by atoms with Gasteiger partial charge in [-0.25, -0.2) is 9.97 Å². The van der Waals surface area contributed by atoms with Crippen LogP contribution in [0.2, 0.25) is 0 Å². The van der Waals surface area contributed by atoms with E-state index in [-0.39, 0.29) is 6.10 Å². The molecule has 3 N–H and O–H groups in total. The van der Waals surface area contributed by atoms with Gasteiger partial charge in [-0.3, -0.25) is 0 Å². The van der Waals surface area contributed by atoms with Crippen LogP contribution in [-0.4, -0.2) is 40.9 Å². The van der Waals surface area contributed by atoms with Gasteiger partial charge in [0.25, 0.3) is 0 Å². The molecule has 1 aliphatic rings. The summed E-state index contributed by atoms with van der Waals surface area (Å²) >= 11 is 0. The highest BCUT2D eigenvalue weighted by Crippen LogP contribution is 2.25. The van der Waals surface area contributed by atoms with E-state index >= 15 is 0 Å². The van der Waals surface area contributed by atoms with Crippen molar-refractivity contribution in [2.75, 3.05) is 30.3 Å². The molecule has 0 radical (unpaired) electrons. The number of aliphatic hydroxyl groups is 1. The normalized spacial score (nSPS) is 18.2. The van der Waals surface area contributed by atoms with E-state index in [1.54, 1.807) is 6.07 Å². The molecule has 1 saturated heterocycles. The third kappa shape index (κ3) is 3.80. The molecular formula is C14H24N4O2. The number of rotatable bonds is 5. The van der Waals surface area contributed by atoms with Crippen LogP contribution in [0.15, 0.2) is 6.07 Å². The molecule has 1 atom stereocenters. The molecule has 1 fully saturated rings. The number of hydrogen-bond acceptors (Lipinski definition) is 6. The Morgan fingerprint density at radius 3 is 2.75 bits per heavy atom. The Bertz CT molecular complexity index is 431. The molecule has 0 spiro atoms. The van der Waals surface area contributed by atoms with Crippen LogP contribution in [0.25, 0.3) is 0 Å². The maximum Gasteiger partial charge on any atom is 0.158 e. The zero-order chi connectivity index (χ0) is 14.5. The molecule has 2 heterocycles. The first-order valence-electron chi connectivity index (χ1n) is 7.24. The van der Waals surface area contributed by atoms with Crippen molar-refractivity contribution in [1.82, 2.24) is 9.97 Å². The molecule has 0 aromatic carbocycles. The Morgan fingerprint density at radius 1 is 1.45 bits per heavy atom. The monoisotopic (exact) mass is 280 g/mol. The van der Waals surface area contributed by atoms with Crippen molar-refractivity contribution >= 4 is 11.6 Å². The standard InChI is InChI=1S/C14H24N4O2/c1-3-20-9-13-16-12(15)8-14(17-13)18-6-4-11(5-7-18)10(2)19/h8,10-11,19H,3-7,9H2,1-2H3,(H2,15,16,17). The first kappa shape index (κ1) is 15.0. The Kier molecular flexibility index (Phi) is 5.14. The highest BCUT2D eigenvalue weighted by Gasteiger charge is 2.23. The molecule has 0 aliphatic carbocycles. The highest BCUT2D eigenvalue weighted by molar-refractivity contribution is 5.47. The van der Waals surface area contributed by atoms with Gasteiger partial charge in [0.1, 0.15) is 18.2 Å². The van der Waals surface area contributed by atoms with Crippen molar-refractivity contribution < 1.29 is 9.84 Å². The molecule has 1 aromatic heterocycles. The van der Waals surface area contributed by atoms with Gasteiger partial charge in [0.05, 0.1) is 6.10 Å². The number of anilines is 2. The van der Waals surface area contributed by atoms with E-state index in [4.69, 9.17) is 10.5 Å². The van der Waals surface area contributed by atoms with Crippen LogP contribution >= 0.6 is 0 Å². The van der Waals surface area contributed by atoms with Gasteiger partial charge in [-0.2, -0.15) is 0 Å².